The molecule has 2 amide bonds. The number of urea groups is 1. The Morgan fingerprint density at radius 3 is 2.24 bits per heavy atom. The molecule has 2 atom stereocenters. The van der Waals surface area contributed by atoms with E-state index < -0.39 is 11.9 Å². The fraction of sp³-hybridized carbons (Fsp3) is 0.867. The van der Waals surface area contributed by atoms with Gasteiger partial charge in [0.1, 0.15) is 0 Å². The molecule has 21 heavy (non-hydrogen) atoms. The number of amides is 2. The molecule has 0 radical (unpaired) electrons. The smallest absolute Gasteiger partial charge is 0.320 e. The fourth-order valence-corrected chi connectivity index (χ4v) is 3.47. The van der Waals surface area contributed by atoms with Crippen LogP contribution in [0, 0.1) is 17.8 Å². The van der Waals surface area contributed by atoms with Crippen molar-refractivity contribution in [1.29, 1.82) is 0 Å². The van der Waals surface area contributed by atoms with Crippen LogP contribution in [-0.4, -0.2) is 78.6 Å². The third-order valence-corrected chi connectivity index (χ3v) is 4.71. The highest BCUT2D eigenvalue weighted by molar-refractivity contribution is 5.77. The van der Waals surface area contributed by atoms with Gasteiger partial charge >= 0.3 is 12.0 Å². The van der Waals surface area contributed by atoms with Crippen LogP contribution in [0.15, 0.2) is 0 Å². The van der Waals surface area contributed by atoms with E-state index in [4.69, 9.17) is 5.11 Å². The maximum absolute atomic E-state index is 12.5. The molecule has 0 bridgehead atoms. The molecule has 0 aromatic heterocycles. The minimum Gasteiger partial charge on any atom is -0.481 e. The molecular weight excluding hydrogens is 270 g/mol. The van der Waals surface area contributed by atoms with Crippen molar-refractivity contribution in [3.63, 3.8) is 0 Å². The van der Waals surface area contributed by atoms with Gasteiger partial charge in [-0.3, -0.25) is 4.79 Å². The number of carbonyl (C=O) groups is 2. The Balaban J connectivity index is 1.84. The molecule has 2 rings (SSSR count). The van der Waals surface area contributed by atoms with Crippen LogP contribution in [0.1, 0.15) is 19.8 Å². The van der Waals surface area contributed by atoms with Crippen molar-refractivity contribution in [1.82, 2.24) is 14.7 Å². The summed E-state index contributed by atoms with van der Waals surface area (Å²) in [6.07, 6.45) is 2.07. The zero-order valence-corrected chi connectivity index (χ0v) is 13.3. The number of piperidine rings is 1. The molecule has 0 aromatic carbocycles. The van der Waals surface area contributed by atoms with E-state index in [9.17, 15) is 9.59 Å². The van der Waals surface area contributed by atoms with Gasteiger partial charge in [-0.1, -0.05) is 6.92 Å². The monoisotopic (exact) mass is 297 g/mol. The lowest BCUT2D eigenvalue weighted by atomic mass is 9.96. The highest BCUT2D eigenvalue weighted by atomic mass is 16.4. The summed E-state index contributed by atoms with van der Waals surface area (Å²) >= 11 is 0. The second-order valence-electron chi connectivity index (χ2n) is 6.80. The van der Waals surface area contributed by atoms with Gasteiger partial charge in [0.2, 0.25) is 0 Å². The van der Waals surface area contributed by atoms with Crippen molar-refractivity contribution >= 4 is 12.0 Å². The van der Waals surface area contributed by atoms with E-state index in [2.05, 4.69) is 19.0 Å². The Bertz CT molecular complexity index is 392. The lowest BCUT2D eigenvalue weighted by Crippen LogP contribution is -2.47. The summed E-state index contributed by atoms with van der Waals surface area (Å²) in [5.41, 5.74) is 0. The number of aliphatic carboxylic acids is 1. The number of carboxylic acid groups (broad SMARTS) is 1. The highest BCUT2D eigenvalue weighted by Crippen LogP contribution is 2.26. The average molecular weight is 297 g/mol. The molecule has 2 aliphatic heterocycles. The largest absolute Gasteiger partial charge is 0.481 e. The van der Waals surface area contributed by atoms with Crippen LogP contribution in [0.2, 0.25) is 0 Å². The summed E-state index contributed by atoms with van der Waals surface area (Å²) in [5.74, 6) is -0.506. The van der Waals surface area contributed by atoms with Crippen LogP contribution in [0.25, 0.3) is 0 Å². The van der Waals surface area contributed by atoms with Crippen molar-refractivity contribution in [2.75, 3.05) is 46.8 Å². The van der Waals surface area contributed by atoms with Crippen molar-refractivity contribution in [3.05, 3.63) is 0 Å². The van der Waals surface area contributed by atoms with Crippen LogP contribution < -0.4 is 0 Å². The number of rotatable bonds is 3. The Hall–Kier alpha value is -1.30. The summed E-state index contributed by atoms with van der Waals surface area (Å²) in [5, 5.41) is 9.16. The minimum absolute atomic E-state index is 0.0221. The predicted molar refractivity (Wildman–Crippen MR) is 80.1 cm³/mol. The first-order valence-electron chi connectivity index (χ1n) is 7.80. The molecule has 0 spiro atoms. The number of hydrogen-bond donors (Lipinski definition) is 1. The normalized spacial score (nSPS) is 27.4. The first-order valence-corrected chi connectivity index (χ1v) is 7.80. The molecular formula is C15H27N3O3. The summed E-state index contributed by atoms with van der Waals surface area (Å²) in [6.45, 7) is 5.49. The van der Waals surface area contributed by atoms with Gasteiger partial charge in [-0.2, -0.15) is 0 Å². The second-order valence-corrected chi connectivity index (χ2v) is 6.80. The lowest BCUT2D eigenvalue weighted by Gasteiger charge is -2.35. The summed E-state index contributed by atoms with van der Waals surface area (Å²) in [4.78, 5) is 29.4. The van der Waals surface area contributed by atoms with Crippen LogP contribution in [0.5, 0.6) is 0 Å². The first kappa shape index (κ1) is 16.1. The van der Waals surface area contributed by atoms with E-state index in [1.807, 2.05) is 11.8 Å². The van der Waals surface area contributed by atoms with Crippen LogP contribution in [0.3, 0.4) is 0 Å². The van der Waals surface area contributed by atoms with Gasteiger partial charge in [-0.05, 0) is 38.8 Å². The number of nitrogens with zero attached hydrogens (tertiary/aromatic N) is 3. The molecule has 120 valence electrons. The molecule has 6 heteroatoms. The number of likely N-dealkylation sites (tertiary alicyclic amines) is 2. The molecule has 1 N–H and O–H groups in total. The number of carbonyl (C=O) groups excluding carboxylic acids is 1. The van der Waals surface area contributed by atoms with Crippen LogP contribution in [-0.2, 0) is 4.79 Å². The third kappa shape index (κ3) is 3.87. The molecule has 6 nitrogen and oxygen atoms in total. The quantitative estimate of drug-likeness (QED) is 0.845. The van der Waals surface area contributed by atoms with Gasteiger partial charge in [0.05, 0.1) is 5.92 Å². The summed E-state index contributed by atoms with van der Waals surface area (Å²) in [7, 11) is 4.16. The van der Waals surface area contributed by atoms with Crippen molar-refractivity contribution in [2.45, 2.75) is 19.8 Å². The number of hydrogen-bond acceptors (Lipinski definition) is 3. The predicted octanol–water partition coefficient (Wildman–Crippen LogP) is 1.03. The zero-order chi connectivity index (χ0) is 15.6. The van der Waals surface area contributed by atoms with Crippen molar-refractivity contribution < 1.29 is 14.7 Å². The molecule has 2 aliphatic rings. The Morgan fingerprint density at radius 1 is 1.14 bits per heavy atom. The molecule has 0 aromatic rings. The lowest BCUT2D eigenvalue weighted by molar-refractivity contribution is -0.142. The molecule has 0 unspecified atom stereocenters. The standard InChI is InChI=1S/C15H27N3O3/c1-11-8-18(10-13(11)14(19)20)15(21)17-6-4-12(5-7-17)9-16(2)3/h11-13H,4-10H2,1-3H3,(H,19,20)/t11-,13-/m1/s1. The number of carboxylic acids is 1. The van der Waals surface area contributed by atoms with Gasteiger partial charge in [0.25, 0.3) is 0 Å². The topological polar surface area (TPSA) is 64.1 Å². The maximum atomic E-state index is 12.5. The minimum atomic E-state index is -0.789. The second kappa shape index (κ2) is 6.64. The zero-order valence-electron chi connectivity index (χ0n) is 13.3. The molecule has 2 saturated heterocycles. The van der Waals surface area contributed by atoms with Gasteiger partial charge in [0, 0.05) is 32.7 Å². The van der Waals surface area contributed by atoms with Gasteiger partial charge < -0.3 is 19.8 Å². The van der Waals surface area contributed by atoms with E-state index in [1.54, 1.807) is 4.90 Å². The molecule has 0 saturated carbocycles. The van der Waals surface area contributed by atoms with E-state index >= 15 is 0 Å². The highest BCUT2D eigenvalue weighted by Gasteiger charge is 2.38. The third-order valence-electron chi connectivity index (χ3n) is 4.71. The Labute approximate surface area is 126 Å². The van der Waals surface area contributed by atoms with Gasteiger partial charge in [0.15, 0.2) is 0 Å². The SMILES string of the molecule is C[C@@H]1CN(C(=O)N2CCC(CN(C)C)CC2)C[C@H]1C(=O)O. The summed E-state index contributed by atoms with van der Waals surface area (Å²) in [6, 6.07) is 0.0221. The molecule has 2 fully saturated rings. The molecule has 2 heterocycles. The summed E-state index contributed by atoms with van der Waals surface area (Å²) < 4.78 is 0. The van der Waals surface area contributed by atoms with Gasteiger partial charge in [-0.25, -0.2) is 4.79 Å². The first-order chi connectivity index (χ1) is 9.88. The van der Waals surface area contributed by atoms with E-state index in [-0.39, 0.29) is 11.9 Å². The van der Waals surface area contributed by atoms with Gasteiger partial charge in [-0.15, -0.1) is 0 Å². The van der Waals surface area contributed by atoms with Crippen LogP contribution in [0.4, 0.5) is 4.79 Å². The van der Waals surface area contributed by atoms with Crippen LogP contribution >= 0.6 is 0 Å². The maximum Gasteiger partial charge on any atom is 0.320 e. The Morgan fingerprint density at radius 2 is 1.76 bits per heavy atom. The van der Waals surface area contributed by atoms with Crippen molar-refractivity contribution in [2.24, 2.45) is 17.8 Å². The molecule has 0 aliphatic carbocycles. The van der Waals surface area contributed by atoms with E-state index in [1.165, 1.54) is 0 Å². The van der Waals surface area contributed by atoms with Crippen molar-refractivity contribution in [3.8, 4) is 0 Å². The fourth-order valence-electron chi connectivity index (χ4n) is 3.47. The van der Waals surface area contributed by atoms with E-state index in [0.717, 1.165) is 32.5 Å². The average Bonchev–Trinajstić information content (AvgIpc) is 2.80. The van der Waals surface area contributed by atoms with E-state index in [0.29, 0.717) is 19.0 Å². The Kier molecular flexibility index (Phi) is 5.08.